The van der Waals surface area contributed by atoms with E-state index in [2.05, 4.69) is 10.3 Å². The zero-order valence-corrected chi connectivity index (χ0v) is 9.52. The van der Waals surface area contributed by atoms with Crippen LogP contribution >= 0.6 is 0 Å². The maximum absolute atomic E-state index is 9.15. The number of ether oxygens (including phenoxy) is 1. The van der Waals surface area contributed by atoms with Crippen molar-refractivity contribution >= 4 is 0 Å². The summed E-state index contributed by atoms with van der Waals surface area (Å²) in [6.07, 6.45) is 1.79. The predicted octanol–water partition coefficient (Wildman–Crippen LogP) is 0.951. The Bertz CT molecular complexity index is 338. The SMILES string of the molecule is COc1cccc(CNCC2CC(O)C2)n1. The summed E-state index contributed by atoms with van der Waals surface area (Å²) >= 11 is 0. The molecule has 1 saturated carbocycles. The number of hydrogen-bond acceptors (Lipinski definition) is 4. The maximum atomic E-state index is 9.15. The lowest BCUT2D eigenvalue weighted by atomic mass is 9.82. The highest BCUT2D eigenvalue weighted by atomic mass is 16.5. The van der Waals surface area contributed by atoms with Crippen molar-refractivity contribution in [3.05, 3.63) is 23.9 Å². The van der Waals surface area contributed by atoms with Gasteiger partial charge in [0.25, 0.3) is 0 Å². The van der Waals surface area contributed by atoms with Crippen molar-refractivity contribution in [1.82, 2.24) is 10.3 Å². The molecule has 0 unspecified atom stereocenters. The largest absolute Gasteiger partial charge is 0.481 e. The molecule has 4 nitrogen and oxygen atoms in total. The number of aliphatic hydroxyl groups excluding tert-OH is 1. The maximum Gasteiger partial charge on any atom is 0.213 e. The number of rotatable bonds is 5. The molecule has 16 heavy (non-hydrogen) atoms. The molecule has 0 radical (unpaired) electrons. The fraction of sp³-hybridized carbons (Fsp3) is 0.583. The topological polar surface area (TPSA) is 54.4 Å². The number of nitrogens with zero attached hydrogens (tertiary/aromatic N) is 1. The van der Waals surface area contributed by atoms with Crippen LogP contribution in [0.4, 0.5) is 0 Å². The standard InChI is InChI=1S/C12H18N2O2/c1-16-12-4-2-3-10(14-12)8-13-7-9-5-11(15)6-9/h2-4,9,11,13,15H,5-8H2,1H3. The van der Waals surface area contributed by atoms with Gasteiger partial charge in [0, 0.05) is 12.6 Å². The zero-order chi connectivity index (χ0) is 11.4. The van der Waals surface area contributed by atoms with Crippen molar-refractivity contribution in [2.24, 2.45) is 5.92 Å². The van der Waals surface area contributed by atoms with Gasteiger partial charge in [0.05, 0.1) is 18.9 Å². The minimum Gasteiger partial charge on any atom is -0.481 e. The third-order valence-electron chi connectivity index (χ3n) is 2.94. The zero-order valence-electron chi connectivity index (χ0n) is 9.52. The average Bonchev–Trinajstić information content (AvgIpc) is 2.27. The van der Waals surface area contributed by atoms with Crippen LogP contribution in [0.2, 0.25) is 0 Å². The first-order valence-corrected chi connectivity index (χ1v) is 5.66. The smallest absolute Gasteiger partial charge is 0.213 e. The minimum absolute atomic E-state index is 0.0678. The van der Waals surface area contributed by atoms with Gasteiger partial charge in [0.15, 0.2) is 0 Å². The number of pyridine rings is 1. The minimum atomic E-state index is -0.0678. The molecular weight excluding hydrogens is 204 g/mol. The molecule has 2 N–H and O–H groups in total. The molecule has 0 atom stereocenters. The van der Waals surface area contributed by atoms with Gasteiger partial charge in [0.2, 0.25) is 5.88 Å². The van der Waals surface area contributed by atoms with E-state index in [-0.39, 0.29) is 6.10 Å². The Kier molecular flexibility index (Phi) is 3.74. The number of aliphatic hydroxyl groups is 1. The van der Waals surface area contributed by atoms with Gasteiger partial charge in [-0.1, -0.05) is 6.07 Å². The molecule has 1 aliphatic carbocycles. The van der Waals surface area contributed by atoms with E-state index < -0.39 is 0 Å². The Labute approximate surface area is 95.7 Å². The molecule has 0 bridgehead atoms. The van der Waals surface area contributed by atoms with Gasteiger partial charge in [-0.3, -0.25) is 0 Å². The highest BCUT2D eigenvalue weighted by molar-refractivity contribution is 5.15. The van der Waals surface area contributed by atoms with Crippen LogP contribution in [0.3, 0.4) is 0 Å². The third kappa shape index (κ3) is 2.93. The van der Waals surface area contributed by atoms with Crippen LogP contribution in [-0.4, -0.2) is 29.8 Å². The number of aromatic nitrogens is 1. The molecule has 88 valence electrons. The number of hydrogen-bond donors (Lipinski definition) is 2. The molecule has 2 rings (SSSR count). The Morgan fingerprint density at radius 2 is 2.31 bits per heavy atom. The van der Waals surface area contributed by atoms with Crippen molar-refractivity contribution in [2.75, 3.05) is 13.7 Å². The van der Waals surface area contributed by atoms with E-state index in [1.54, 1.807) is 7.11 Å². The summed E-state index contributed by atoms with van der Waals surface area (Å²) in [6, 6.07) is 5.76. The molecule has 1 aliphatic rings. The Balaban J connectivity index is 1.72. The third-order valence-corrected chi connectivity index (χ3v) is 2.94. The summed E-state index contributed by atoms with van der Waals surface area (Å²) in [5.74, 6) is 1.28. The molecule has 0 amide bonds. The molecule has 1 aromatic heterocycles. The molecule has 1 heterocycles. The van der Waals surface area contributed by atoms with Crippen LogP contribution in [0.15, 0.2) is 18.2 Å². The van der Waals surface area contributed by atoms with Crippen LogP contribution in [0.5, 0.6) is 5.88 Å². The van der Waals surface area contributed by atoms with Crippen molar-refractivity contribution in [3.8, 4) is 5.88 Å². The molecule has 0 spiro atoms. The highest BCUT2D eigenvalue weighted by Gasteiger charge is 2.26. The van der Waals surface area contributed by atoms with Crippen molar-refractivity contribution in [2.45, 2.75) is 25.5 Å². The van der Waals surface area contributed by atoms with Gasteiger partial charge >= 0.3 is 0 Å². The first-order valence-electron chi connectivity index (χ1n) is 5.66. The lowest BCUT2D eigenvalue weighted by Gasteiger charge is -2.31. The van der Waals surface area contributed by atoms with E-state index >= 15 is 0 Å². The van der Waals surface area contributed by atoms with E-state index in [1.807, 2.05) is 18.2 Å². The van der Waals surface area contributed by atoms with E-state index in [1.165, 1.54) is 0 Å². The van der Waals surface area contributed by atoms with Gasteiger partial charge < -0.3 is 15.2 Å². The monoisotopic (exact) mass is 222 g/mol. The molecule has 0 aromatic carbocycles. The fourth-order valence-electron chi connectivity index (χ4n) is 1.94. The fourth-order valence-corrected chi connectivity index (χ4v) is 1.94. The van der Waals surface area contributed by atoms with Crippen molar-refractivity contribution in [3.63, 3.8) is 0 Å². The second-order valence-electron chi connectivity index (χ2n) is 4.29. The highest BCUT2D eigenvalue weighted by Crippen LogP contribution is 2.26. The van der Waals surface area contributed by atoms with Crippen LogP contribution in [0.25, 0.3) is 0 Å². The van der Waals surface area contributed by atoms with Crippen molar-refractivity contribution < 1.29 is 9.84 Å². The summed E-state index contributed by atoms with van der Waals surface area (Å²) in [4.78, 5) is 4.31. The van der Waals surface area contributed by atoms with Gasteiger partial charge in [-0.05, 0) is 31.4 Å². The van der Waals surface area contributed by atoms with Gasteiger partial charge in [0.1, 0.15) is 0 Å². The molecule has 1 fully saturated rings. The Morgan fingerprint density at radius 3 is 3.00 bits per heavy atom. The molecule has 0 saturated heterocycles. The van der Waals surface area contributed by atoms with Gasteiger partial charge in [-0.2, -0.15) is 0 Å². The summed E-state index contributed by atoms with van der Waals surface area (Å²) in [7, 11) is 1.62. The molecule has 1 aromatic rings. The van der Waals surface area contributed by atoms with E-state index in [9.17, 15) is 0 Å². The first kappa shape index (κ1) is 11.4. The quantitative estimate of drug-likeness (QED) is 0.779. The summed E-state index contributed by atoms with van der Waals surface area (Å²) < 4.78 is 5.06. The summed E-state index contributed by atoms with van der Waals surface area (Å²) in [5.41, 5.74) is 0.985. The summed E-state index contributed by atoms with van der Waals surface area (Å²) in [6.45, 7) is 1.71. The van der Waals surface area contributed by atoms with Crippen LogP contribution in [-0.2, 0) is 6.54 Å². The van der Waals surface area contributed by atoms with E-state index in [4.69, 9.17) is 9.84 Å². The van der Waals surface area contributed by atoms with Gasteiger partial charge in [-0.15, -0.1) is 0 Å². The Hall–Kier alpha value is -1.13. The molecular formula is C12H18N2O2. The van der Waals surface area contributed by atoms with Crippen LogP contribution in [0.1, 0.15) is 18.5 Å². The lowest BCUT2D eigenvalue weighted by molar-refractivity contribution is 0.0429. The number of nitrogens with one attached hydrogen (secondary N) is 1. The Morgan fingerprint density at radius 1 is 1.50 bits per heavy atom. The van der Waals surface area contributed by atoms with Crippen LogP contribution < -0.4 is 10.1 Å². The second kappa shape index (κ2) is 5.27. The predicted molar refractivity (Wildman–Crippen MR) is 61.2 cm³/mol. The normalized spacial score (nSPS) is 23.9. The van der Waals surface area contributed by atoms with Crippen molar-refractivity contribution in [1.29, 1.82) is 0 Å². The first-order chi connectivity index (χ1) is 7.78. The molecule has 4 heteroatoms. The van der Waals surface area contributed by atoms with E-state index in [0.717, 1.165) is 31.6 Å². The lowest BCUT2D eigenvalue weighted by Crippen LogP contribution is -2.36. The summed E-state index contributed by atoms with van der Waals surface area (Å²) in [5, 5.41) is 12.5. The van der Waals surface area contributed by atoms with Gasteiger partial charge in [-0.25, -0.2) is 4.98 Å². The molecule has 0 aliphatic heterocycles. The van der Waals surface area contributed by atoms with E-state index in [0.29, 0.717) is 11.8 Å². The second-order valence-corrected chi connectivity index (χ2v) is 4.29. The average molecular weight is 222 g/mol. The van der Waals surface area contributed by atoms with Crippen LogP contribution in [0, 0.1) is 5.92 Å². The number of methoxy groups -OCH3 is 1.